The molecule has 1 aromatic heterocycles. The van der Waals surface area contributed by atoms with Crippen molar-refractivity contribution in [2.75, 3.05) is 24.6 Å². The summed E-state index contributed by atoms with van der Waals surface area (Å²) >= 11 is 3.41. The number of sulfone groups is 1. The first-order chi connectivity index (χ1) is 11.9. The van der Waals surface area contributed by atoms with Gasteiger partial charge in [0.15, 0.2) is 15.5 Å². The maximum Gasteiger partial charge on any atom is 0.276 e. The highest BCUT2D eigenvalue weighted by atomic mass is 79.9. The lowest BCUT2D eigenvalue weighted by molar-refractivity contribution is 0.0763. The van der Waals surface area contributed by atoms with Crippen molar-refractivity contribution in [3.63, 3.8) is 0 Å². The lowest BCUT2D eigenvalue weighted by Crippen LogP contribution is -2.44. The number of nitrogens with zero attached hydrogens (tertiary/aromatic N) is 4. The number of hydrogen-bond donors (Lipinski definition) is 0. The Hall–Kier alpha value is -1.74. The molecule has 2 heterocycles. The minimum atomic E-state index is -3.03. The van der Waals surface area contributed by atoms with E-state index in [1.807, 2.05) is 24.3 Å². The number of amides is 1. The summed E-state index contributed by atoms with van der Waals surface area (Å²) in [6.07, 6.45) is 2.02. The maximum atomic E-state index is 12.9. The average Bonchev–Trinajstić information content (AvgIpc) is 3.33. The zero-order chi connectivity index (χ0) is 17.6. The van der Waals surface area contributed by atoms with E-state index in [-0.39, 0.29) is 36.4 Å². The third kappa shape index (κ3) is 3.35. The molecule has 1 saturated heterocycles. The fraction of sp³-hybridized carbons (Fsp3) is 0.438. The van der Waals surface area contributed by atoms with Crippen LogP contribution < -0.4 is 0 Å². The van der Waals surface area contributed by atoms with Crippen LogP contribution in [0.5, 0.6) is 0 Å². The molecular formula is C16H17BrN4O3S. The Morgan fingerprint density at radius 1 is 1.12 bits per heavy atom. The maximum absolute atomic E-state index is 12.9. The second-order valence-corrected chi connectivity index (χ2v) is 9.65. The van der Waals surface area contributed by atoms with Gasteiger partial charge in [0, 0.05) is 23.5 Å². The molecule has 2 aromatic rings. The molecule has 4 rings (SSSR count). The molecule has 1 aliphatic heterocycles. The molecule has 7 nitrogen and oxygen atoms in total. The highest BCUT2D eigenvalue weighted by Crippen LogP contribution is 2.42. The van der Waals surface area contributed by atoms with Crippen molar-refractivity contribution in [3.05, 3.63) is 40.1 Å². The summed E-state index contributed by atoms with van der Waals surface area (Å²) in [5.74, 6) is 0.0859. The molecule has 2 aliphatic rings. The van der Waals surface area contributed by atoms with Gasteiger partial charge < -0.3 is 4.90 Å². The minimum Gasteiger partial charge on any atom is -0.335 e. The lowest BCUT2D eigenvalue weighted by Gasteiger charge is -2.26. The molecule has 2 fully saturated rings. The number of aromatic nitrogens is 3. The van der Waals surface area contributed by atoms with Crippen LogP contribution in [0, 0.1) is 0 Å². The summed E-state index contributed by atoms with van der Waals surface area (Å²) in [6, 6.07) is 7.69. The van der Waals surface area contributed by atoms with E-state index in [4.69, 9.17) is 0 Å². The van der Waals surface area contributed by atoms with Crippen LogP contribution in [0.1, 0.15) is 34.9 Å². The Morgan fingerprint density at radius 2 is 1.76 bits per heavy atom. The summed E-state index contributed by atoms with van der Waals surface area (Å²) in [7, 11) is -3.03. The smallest absolute Gasteiger partial charge is 0.276 e. The van der Waals surface area contributed by atoms with Gasteiger partial charge in [0.2, 0.25) is 0 Å². The van der Waals surface area contributed by atoms with Crippen molar-refractivity contribution in [2.45, 2.75) is 18.8 Å². The van der Waals surface area contributed by atoms with Crippen molar-refractivity contribution >= 4 is 31.7 Å². The highest BCUT2D eigenvalue weighted by molar-refractivity contribution is 9.10. The molecule has 0 bridgehead atoms. The third-order valence-corrected chi connectivity index (χ3v) is 6.71. The van der Waals surface area contributed by atoms with Gasteiger partial charge in [-0.25, -0.2) is 13.1 Å². The van der Waals surface area contributed by atoms with Crippen molar-refractivity contribution in [3.8, 4) is 5.69 Å². The van der Waals surface area contributed by atoms with Gasteiger partial charge in [-0.2, -0.15) is 0 Å². The summed E-state index contributed by atoms with van der Waals surface area (Å²) in [5.41, 5.74) is 2.04. The molecule has 25 heavy (non-hydrogen) atoms. The van der Waals surface area contributed by atoms with Crippen molar-refractivity contribution in [1.82, 2.24) is 19.9 Å². The summed E-state index contributed by atoms with van der Waals surface area (Å²) in [6.45, 7) is 0.437. The van der Waals surface area contributed by atoms with Crippen LogP contribution in [-0.2, 0) is 9.84 Å². The van der Waals surface area contributed by atoms with Crippen LogP contribution in [0.2, 0.25) is 0 Å². The standard InChI is InChI=1S/C16H17BrN4O3S/c17-12-3-5-13(6-4-12)21-15(11-1-2-11)14(18-19-21)16(22)20-7-9-25(23,24)10-8-20/h3-6,11H,1-2,7-10H2. The second kappa shape index (κ2) is 6.21. The van der Waals surface area contributed by atoms with E-state index in [0.717, 1.165) is 28.7 Å². The fourth-order valence-electron chi connectivity index (χ4n) is 3.00. The Morgan fingerprint density at radius 3 is 2.36 bits per heavy atom. The van der Waals surface area contributed by atoms with Gasteiger partial charge in [-0.1, -0.05) is 21.1 Å². The second-order valence-electron chi connectivity index (χ2n) is 6.43. The number of benzene rings is 1. The highest BCUT2D eigenvalue weighted by Gasteiger charge is 2.36. The molecule has 1 aliphatic carbocycles. The molecule has 9 heteroatoms. The van der Waals surface area contributed by atoms with Crippen molar-refractivity contribution in [1.29, 1.82) is 0 Å². The van der Waals surface area contributed by atoms with Gasteiger partial charge >= 0.3 is 0 Å². The molecule has 0 atom stereocenters. The van der Waals surface area contributed by atoms with Crippen molar-refractivity contribution in [2.24, 2.45) is 0 Å². The van der Waals surface area contributed by atoms with Crippen LogP contribution >= 0.6 is 15.9 Å². The van der Waals surface area contributed by atoms with Gasteiger partial charge in [-0.3, -0.25) is 4.79 Å². The quantitative estimate of drug-likeness (QED) is 0.749. The molecule has 1 aromatic carbocycles. The van der Waals surface area contributed by atoms with Crippen LogP contribution in [0.25, 0.3) is 5.69 Å². The van der Waals surface area contributed by atoms with Gasteiger partial charge in [0.25, 0.3) is 5.91 Å². The van der Waals surface area contributed by atoms with Crippen molar-refractivity contribution < 1.29 is 13.2 Å². The van der Waals surface area contributed by atoms with E-state index in [0.29, 0.717) is 5.69 Å². The lowest BCUT2D eigenvalue weighted by atomic mass is 10.2. The molecule has 132 valence electrons. The monoisotopic (exact) mass is 424 g/mol. The molecule has 1 amide bonds. The van der Waals surface area contributed by atoms with Crippen LogP contribution in [0.15, 0.2) is 28.7 Å². The normalized spacial score (nSPS) is 19.8. The SMILES string of the molecule is O=C(c1nnn(-c2ccc(Br)cc2)c1C1CC1)N1CCS(=O)(=O)CC1. The Bertz CT molecular complexity index is 905. The summed E-state index contributed by atoms with van der Waals surface area (Å²) < 4.78 is 25.9. The van der Waals surface area contributed by atoms with E-state index in [1.54, 1.807) is 9.58 Å². The molecule has 1 saturated carbocycles. The summed E-state index contributed by atoms with van der Waals surface area (Å²) in [4.78, 5) is 14.4. The molecule has 0 unspecified atom stereocenters. The van der Waals surface area contributed by atoms with Gasteiger partial charge in [-0.15, -0.1) is 5.10 Å². The van der Waals surface area contributed by atoms with Crippen LogP contribution in [0.3, 0.4) is 0 Å². The minimum absolute atomic E-state index is 0.0123. The average molecular weight is 425 g/mol. The first-order valence-corrected chi connectivity index (χ1v) is 10.8. The van der Waals surface area contributed by atoms with Gasteiger partial charge in [0.05, 0.1) is 22.9 Å². The van der Waals surface area contributed by atoms with Crippen LogP contribution in [-0.4, -0.2) is 58.8 Å². The number of rotatable bonds is 3. The molecule has 0 radical (unpaired) electrons. The third-order valence-electron chi connectivity index (χ3n) is 4.57. The number of hydrogen-bond acceptors (Lipinski definition) is 5. The Kier molecular flexibility index (Phi) is 4.15. The van der Waals surface area contributed by atoms with E-state index in [2.05, 4.69) is 26.2 Å². The number of halogens is 1. The first kappa shape index (κ1) is 16.7. The summed E-state index contributed by atoms with van der Waals surface area (Å²) in [5, 5.41) is 8.36. The molecule has 0 N–H and O–H groups in total. The predicted octanol–water partition coefficient (Wildman–Crippen LogP) is 1.78. The Labute approximate surface area is 154 Å². The van der Waals surface area contributed by atoms with Gasteiger partial charge in [-0.05, 0) is 37.1 Å². The fourth-order valence-corrected chi connectivity index (χ4v) is 4.47. The van der Waals surface area contributed by atoms with Gasteiger partial charge in [0.1, 0.15) is 0 Å². The first-order valence-electron chi connectivity index (χ1n) is 8.16. The zero-order valence-electron chi connectivity index (χ0n) is 13.4. The molecular weight excluding hydrogens is 408 g/mol. The molecule has 0 spiro atoms. The zero-order valence-corrected chi connectivity index (χ0v) is 15.8. The van der Waals surface area contributed by atoms with E-state index in [9.17, 15) is 13.2 Å². The largest absolute Gasteiger partial charge is 0.335 e. The van der Waals surface area contributed by atoms with E-state index in [1.165, 1.54) is 0 Å². The predicted molar refractivity (Wildman–Crippen MR) is 95.6 cm³/mol. The number of carbonyl (C=O) groups is 1. The topological polar surface area (TPSA) is 85.2 Å². The van der Waals surface area contributed by atoms with E-state index >= 15 is 0 Å². The van der Waals surface area contributed by atoms with Crippen LogP contribution in [0.4, 0.5) is 0 Å². The Balaban J connectivity index is 1.66. The number of carbonyl (C=O) groups excluding carboxylic acids is 1. The van der Waals surface area contributed by atoms with E-state index < -0.39 is 9.84 Å².